The molecule has 1 rings (SSSR count). The van der Waals surface area contributed by atoms with Gasteiger partial charge in [0, 0.05) is 5.69 Å². The molecule has 0 spiro atoms. The summed E-state index contributed by atoms with van der Waals surface area (Å²) in [4.78, 5) is 11.8. The molecular formula is C13H21ClN2O. The minimum atomic E-state index is -0.152. The SMILES string of the molecule is CCCNC(C)C(=O)Nc1cccc(C)c1.Cl. The molecule has 0 fully saturated rings. The van der Waals surface area contributed by atoms with Gasteiger partial charge in [-0.05, 0) is 44.5 Å². The number of rotatable bonds is 5. The predicted octanol–water partition coefficient (Wildman–Crippen LogP) is 2.74. The van der Waals surface area contributed by atoms with E-state index in [0.29, 0.717) is 0 Å². The van der Waals surface area contributed by atoms with Gasteiger partial charge in [-0.1, -0.05) is 19.1 Å². The van der Waals surface area contributed by atoms with Crippen LogP contribution in [0, 0.1) is 6.92 Å². The number of hydrogen-bond donors (Lipinski definition) is 2. The lowest BCUT2D eigenvalue weighted by molar-refractivity contribution is -0.117. The van der Waals surface area contributed by atoms with Crippen molar-refractivity contribution in [3.8, 4) is 0 Å². The maximum Gasteiger partial charge on any atom is 0.241 e. The Balaban J connectivity index is 0.00000256. The smallest absolute Gasteiger partial charge is 0.241 e. The Morgan fingerprint density at radius 1 is 1.41 bits per heavy atom. The summed E-state index contributed by atoms with van der Waals surface area (Å²) in [5.41, 5.74) is 2.00. The van der Waals surface area contributed by atoms with E-state index >= 15 is 0 Å². The Kier molecular flexibility index (Phi) is 7.59. The number of anilines is 1. The molecule has 1 amide bonds. The zero-order chi connectivity index (χ0) is 12.0. The molecular weight excluding hydrogens is 236 g/mol. The highest BCUT2D eigenvalue weighted by molar-refractivity contribution is 5.94. The summed E-state index contributed by atoms with van der Waals surface area (Å²) in [6.07, 6.45) is 1.03. The molecule has 1 aromatic rings. The van der Waals surface area contributed by atoms with Crippen molar-refractivity contribution in [3.05, 3.63) is 29.8 Å². The third kappa shape index (κ3) is 5.71. The van der Waals surface area contributed by atoms with Crippen LogP contribution in [0.1, 0.15) is 25.8 Å². The van der Waals surface area contributed by atoms with E-state index in [4.69, 9.17) is 0 Å². The number of halogens is 1. The lowest BCUT2D eigenvalue weighted by atomic mass is 10.2. The minimum Gasteiger partial charge on any atom is -0.325 e. The van der Waals surface area contributed by atoms with E-state index < -0.39 is 0 Å². The topological polar surface area (TPSA) is 41.1 Å². The van der Waals surface area contributed by atoms with Gasteiger partial charge >= 0.3 is 0 Å². The van der Waals surface area contributed by atoms with Crippen LogP contribution in [0.25, 0.3) is 0 Å². The fourth-order valence-corrected chi connectivity index (χ4v) is 1.43. The molecule has 0 bridgehead atoms. The highest BCUT2D eigenvalue weighted by Crippen LogP contribution is 2.09. The van der Waals surface area contributed by atoms with Crippen molar-refractivity contribution in [3.63, 3.8) is 0 Å². The van der Waals surface area contributed by atoms with Gasteiger partial charge < -0.3 is 10.6 Å². The van der Waals surface area contributed by atoms with E-state index in [-0.39, 0.29) is 24.4 Å². The fourth-order valence-electron chi connectivity index (χ4n) is 1.43. The Bertz CT molecular complexity index is 355. The van der Waals surface area contributed by atoms with Crippen molar-refractivity contribution < 1.29 is 4.79 Å². The molecule has 17 heavy (non-hydrogen) atoms. The number of aryl methyl sites for hydroxylation is 1. The van der Waals surface area contributed by atoms with Crippen LogP contribution in [0.5, 0.6) is 0 Å². The molecule has 96 valence electrons. The summed E-state index contributed by atoms with van der Waals surface area (Å²) in [6, 6.07) is 7.66. The maximum absolute atomic E-state index is 11.8. The zero-order valence-electron chi connectivity index (χ0n) is 10.6. The third-order valence-electron chi connectivity index (χ3n) is 2.38. The molecule has 3 nitrogen and oxygen atoms in total. The van der Waals surface area contributed by atoms with Crippen LogP contribution in [0.15, 0.2) is 24.3 Å². The van der Waals surface area contributed by atoms with Crippen LogP contribution >= 0.6 is 12.4 Å². The number of benzene rings is 1. The average Bonchev–Trinajstić information content (AvgIpc) is 2.25. The largest absolute Gasteiger partial charge is 0.325 e. The van der Waals surface area contributed by atoms with Gasteiger partial charge in [0.25, 0.3) is 0 Å². The Morgan fingerprint density at radius 3 is 2.71 bits per heavy atom. The average molecular weight is 257 g/mol. The summed E-state index contributed by atoms with van der Waals surface area (Å²) in [6.45, 7) is 6.83. The van der Waals surface area contributed by atoms with Gasteiger partial charge in [-0.15, -0.1) is 12.4 Å². The predicted molar refractivity (Wildman–Crippen MR) is 74.8 cm³/mol. The molecule has 0 aliphatic rings. The first-order valence-electron chi connectivity index (χ1n) is 5.74. The summed E-state index contributed by atoms with van der Waals surface area (Å²) in [7, 11) is 0. The monoisotopic (exact) mass is 256 g/mol. The molecule has 2 N–H and O–H groups in total. The lowest BCUT2D eigenvalue weighted by Crippen LogP contribution is -2.38. The van der Waals surface area contributed by atoms with Crippen LogP contribution in [0.2, 0.25) is 0 Å². The Morgan fingerprint density at radius 2 is 2.12 bits per heavy atom. The van der Waals surface area contributed by atoms with Gasteiger partial charge in [-0.2, -0.15) is 0 Å². The molecule has 0 aliphatic carbocycles. The van der Waals surface area contributed by atoms with E-state index in [9.17, 15) is 4.79 Å². The summed E-state index contributed by atoms with van der Waals surface area (Å²) >= 11 is 0. The Labute approximate surface area is 109 Å². The van der Waals surface area contributed by atoms with E-state index in [0.717, 1.165) is 24.2 Å². The van der Waals surface area contributed by atoms with Gasteiger partial charge in [-0.25, -0.2) is 0 Å². The number of nitrogens with one attached hydrogen (secondary N) is 2. The fraction of sp³-hybridized carbons (Fsp3) is 0.462. The first-order valence-corrected chi connectivity index (χ1v) is 5.74. The molecule has 4 heteroatoms. The van der Waals surface area contributed by atoms with Crippen molar-refractivity contribution in [2.45, 2.75) is 33.2 Å². The standard InChI is InChI=1S/C13H20N2O.ClH/c1-4-8-14-11(3)13(16)15-12-7-5-6-10(2)9-12;/h5-7,9,11,14H,4,8H2,1-3H3,(H,15,16);1H. The molecule has 1 atom stereocenters. The van der Waals surface area contributed by atoms with Gasteiger partial charge in [0.2, 0.25) is 5.91 Å². The van der Waals surface area contributed by atoms with Crippen LogP contribution in [0.4, 0.5) is 5.69 Å². The maximum atomic E-state index is 11.8. The van der Waals surface area contributed by atoms with Crippen LogP contribution in [-0.2, 0) is 4.79 Å². The van der Waals surface area contributed by atoms with Gasteiger partial charge in [-0.3, -0.25) is 4.79 Å². The van der Waals surface area contributed by atoms with Gasteiger partial charge in [0.1, 0.15) is 0 Å². The quantitative estimate of drug-likeness (QED) is 0.851. The first kappa shape index (κ1) is 15.9. The van der Waals surface area contributed by atoms with Crippen LogP contribution < -0.4 is 10.6 Å². The minimum absolute atomic E-state index is 0. The normalized spacial score (nSPS) is 11.5. The van der Waals surface area contributed by atoms with Crippen molar-refractivity contribution in [2.75, 3.05) is 11.9 Å². The van der Waals surface area contributed by atoms with E-state index in [2.05, 4.69) is 17.6 Å². The van der Waals surface area contributed by atoms with E-state index in [1.54, 1.807) is 0 Å². The van der Waals surface area contributed by atoms with Crippen molar-refractivity contribution in [2.24, 2.45) is 0 Å². The number of hydrogen-bond acceptors (Lipinski definition) is 2. The van der Waals surface area contributed by atoms with Gasteiger partial charge in [0.05, 0.1) is 6.04 Å². The molecule has 0 heterocycles. The first-order chi connectivity index (χ1) is 7.63. The molecule has 0 saturated heterocycles. The second-order valence-corrected chi connectivity index (χ2v) is 4.03. The third-order valence-corrected chi connectivity index (χ3v) is 2.38. The van der Waals surface area contributed by atoms with Crippen molar-refractivity contribution in [1.29, 1.82) is 0 Å². The molecule has 0 saturated carbocycles. The second kappa shape index (κ2) is 8.09. The lowest BCUT2D eigenvalue weighted by Gasteiger charge is -2.13. The molecule has 1 unspecified atom stereocenters. The van der Waals surface area contributed by atoms with Crippen LogP contribution in [-0.4, -0.2) is 18.5 Å². The Hall–Kier alpha value is -1.06. The molecule has 1 aromatic carbocycles. The summed E-state index contributed by atoms with van der Waals surface area (Å²) < 4.78 is 0. The number of carbonyl (C=O) groups is 1. The van der Waals surface area contributed by atoms with Crippen molar-refractivity contribution >= 4 is 24.0 Å². The van der Waals surface area contributed by atoms with Gasteiger partial charge in [0.15, 0.2) is 0 Å². The summed E-state index contributed by atoms with van der Waals surface area (Å²) in [5.74, 6) is 0.0130. The highest BCUT2D eigenvalue weighted by atomic mass is 35.5. The molecule has 0 radical (unpaired) electrons. The number of carbonyl (C=O) groups excluding carboxylic acids is 1. The molecule has 0 aliphatic heterocycles. The van der Waals surface area contributed by atoms with Crippen molar-refractivity contribution in [1.82, 2.24) is 5.32 Å². The second-order valence-electron chi connectivity index (χ2n) is 4.03. The zero-order valence-corrected chi connectivity index (χ0v) is 11.4. The van der Waals surface area contributed by atoms with E-state index in [1.165, 1.54) is 0 Å². The highest BCUT2D eigenvalue weighted by Gasteiger charge is 2.11. The van der Waals surface area contributed by atoms with Crippen LogP contribution in [0.3, 0.4) is 0 Å². The van der Waals surface area contributed by atoms with E-state index in [1.807, 2.05) is 38.1 Å². The molecule has 0 aromatic heterocycles. The summed E-state index contributed by atoms with van der Waals surface area (Å²) in [5, 5.41) is 6.04. The number of amides is 1.